The van der Waals surface area contributed by atoms with Crippen molar-refractivity contribution in [2.45, 2.75) is 26.8 Å². The van der Waals surface area contributed by atoms with Gasteiger partial charge in [0.1, 0.15) is 11.5 Å². The molecule has 112 valence electrons. The normalized spacial score (nSPS) is 10.2. The minimum absolute atomic E-state index is 0.662. The Kier molecular flexibility index (Phi) is 5.95. The van der Waals surface area contributed by atoms with E-state index in [-0.39, 0.29) is 0 Å². The highest BCUT2D eigenvalue weighted by molar-refractivity contribution is 5.56. The highest BCUT2D eigenvalue weighted by Crippen LogP contribution is 2.26. The van der Waals surface area contributed by atoms with Gasteiger partial charge in [-0.15, -0.1) is 0 Å². The minimum atomic E-state index is 0.662. The molecule has 0 saturated carbocycles. The van der Waals surface area contributed by atoms with Gasteiger partial charge in [0.15, 0.2) is 0 Å². The van der Waals surface area contributed by atoms with Gasteiger partial charge in [-0.05, 0) is 31.5 Å². The summed E-state index contributed by atoms with van der Waals surface area (Å²) in [6, 6.07) is 16.1. The van der Waals surface area contributed by atoms with Crippen LogP contribution >= 0.6 is 0 Å². The zero-order valence-corrected chi connectivity index (χ0v) is 12.8. The van der Waals surface area contributed by atoms with E-state index in [1.165, 1.54) is 0 Å². The fraction of sp³-hybridized carbons (Fsp3) is 0.333. The third-order valence-corrected chi connectivity index (χ3v) is 3.09. The fourth-order valence-electron chi connectivity index (χ4n) is 2.09. The SMILES string of the molecule is CCCOc1ccccc1CNc1ccccc1OCC. The lowest BCUT2D eigenvalue weighted by Crippen LogP contribution is -2.05. The largest absolute Gasteiger partial charge is 0.493 e. The molecule has 0 amide bonds. The van der Waals surface area contributed by atoms with Crippen LogP contribution in [0.15, 0.2) is 48.5 Å². The molecule has 0 heterocycles. The summed E-state index contributed by atoms with van der Waals surface area (Å²) in [7, 11) is 0. The van der Waals surface area contributed by atoms with Crippen LogP contribution in [-0.2, 0) is 6.54 Å². The number of nitrogens with one attached hydrogen (secondary N) is 1. The smallest absolute Gasteiger partial charge is 0.142 e. The Labute approximate surface area is 126 Å². The van der Waals surface area contributed by atoms with Crippen LogP contribution in [0.4, 0.5) is 5.69 Å². The number of hydrogen-bond donors (Lipinski definition) is 1. The van der Waals surface area contributed by atoms with E-state index in [0.29, 0.717) is 13.2 Å². The average Bonchev–Trinajstić information content (AvgIpc) is 2.53. The maximum atomic E-state index is 5.78. The molecule has 0 spiro atoms. The van der Waals surface area contributed by atoms with Gasteiger partial charge in [-0.2, -0.15) is 0 Å². The van der Waals surface area contributed by atoms with Crippen molar-refractivity contribution in [2.24, 2.45) is 0 Å². The minimum Gasteiger partial charge on any atom is -0.493 e. The first-order chi connectivity index (χ1) is 10.3. The Hall–Kier alpha value is -2.16. The van der Waals surface area contributed by atoms with Crippen LogP contribution in [0.3, 0.4) is 0 Å². The van der Waals surface area contributed by atoms with Crippen LogP contribution < -0.4 is 14.8 Å². The van der Waals surface area contributed by atoms with Crippen LogP contribution in [0.5, 0.6) is 11.5 Å². The van der Waals surface area contributed by atoms with E-state index in [9.17, 15) is 0 Å². The van der Waals surface area contributed by atoms with Crippen molar-refractivity contribution in [3.05, 3.63) is 54.1 Å². The van der Waals surface area contributed by atoms with Crippen molar-refractivity contribution < 1.29 is 9.47 Å². The molecular weight excluding hydrogens is 262 g/mol. The maximum absolute atomic E-state index is 5.78. The van der Waals surface area contributed by atoms with Crippen molar-refractivity contribution in [2.75, 3.05) is 18.5 Å². The van der Waals surface area contributed by atoms with E-state index < -0.39 is 0 Å². The van der Waals surface area contributed by atoms with Crippen LogP contribution in [0.2, 0.25) is 0 Å². The molecule has 3 heteroatoms. The van der Waals surface area contributed by atoms with Crippen molar-refractivity contribution in [3.8, 4) is 11.5 Å². The number of ether oxygens (including phenoxy) is 2. The molecule has 3 nitrogen and oxygen atoms in total. The van der Waals surface area contributed by atoms with Gasteiger partial charge in [0.2, 0.25) is 0 Å². The van der Waals surface area contributed by atoms with Crippen LogP contribution in [0.1, 0.15) is 25.8 Å². The lowest BCUT2D eigenvalue weighted by atomic mass is 10.2. The molecule has 2 rings (SSSR count). The molecule has 2 aromatic carbocycles. The van der Waals surface area contributed by atoms with Gasteiger partial charge in [-0.1, -0.05) is 37.3 Å². The Morgan fingerprint density at radius 3 is 2.33 bits per heavy atom. The molecule has 0 radical (unpaired) electrons. The summed E-state index contributed by atoms with van der Waals surface area (Å²) in [4.78, 5) is 0. The molecule has 0 atom stereocenters. The lowest BCUT2D eigenvalue weighted by Gasteiger charge is -2.14. The van der Waals surface area contributed by atoms with Crippen molar-refractivity contribution >= 4 is 5.69 Å². The van der Waals surface area contributed by atoms with Gasteiger partial charge >= 0.3 is 0 Å². The summed E-state index contributed by atoms with van der Waals surface area (Å²) in [6.45, 7) is 6.22. The summed E-state index contributed by atoms with van der Waals surface area (Å²) in [5.41, 5.74) is 2.15. The second-order valence-electron chi connectivity index (χ2n) is 4.74. The van der Waals surface area contributed by atoms with E-state index in [0.717, 1.165) is 35.8 Å². The van der Waals surface area contributed by atoms with Crippen LogP contribution in [0.25, 0.3) is 0 Å². The Balaban J connectivity index is 2.06. The molecule has 2 aromatic rings. The average molecular weight is 285 g/mol. The second-order valence-corrected chi connectivity index (χ2v) is 4.74. The third kappa shape index (κ3) is 4.42. The maximum Gasteiger partial charge on any atom is 0.142 e. The van der Waals surface area contributed by atoms with Gasteiger partial charge < -0.3 is 14.8 Å². The number of hydrogen-bond acceptors (Lipinski definition) is 3. The molecule has 1 N–H and O–H groups in total. The Morgan fingerprint density at radius 2 is 1.57 bits per heavy atom. The van der Waals surface area contributed by atoms with E-state index in [1.54, 1.807) is 0 Å². The first-order valence-corrected chi connectivity index (χ1v) is 7.51. The summed E-state index contributed by atoms with van der Waals surface area (Å²) in [6.07, 6.45) is 1.01. The summed E-state index contributed by atoms with van der Waals surface area (Å²) >= 11 is 0. The molecule has 0 unspecified atom stereocenters. The summed E-state index contributed by atoms with van der Waals surface area (Å²) in [5, 5.41) is 3.43. The van der Waals surface area contributed by atoms with Crippen molar-refractivity contribution in [3.63, 3.8) is 0 Å². The van der Waals surface area contributed by atoms with Gasteiger partial charge in [-0.3, -0.25) is 0 Å². The molecule has 0 bridgehead atoms. The Morgan fingerprint density at radius 1 is 0.857 bits per heavy atom. The van der Waals surface area contributed by atoms with Crippen LogP contribution in [0, 0.1) is 0 Å². The quantitative estimate of drug-likeness (QED) is 0.775. The van der Waals surface area contributed by atoms with E-state index in [1.807, 2.05) is 49.4 Å². The molecule has 0 aromatic heterocycles. The van der Waals surface area contributed by atoms with Gasteiger partial charge in [0, 0.05) is 12.1 Å². The molecule has 0 aliphatic rings. The van der Waals surface area contributed by atoms with Gasteiger partial charge in [-0.25, -0.2) is 0 Å². The topological polar surface area (TPSA) is 30.5 Å². The molecule has 0 saturated heterocycles. The van der Waals surface area contributed by atoms with Crippen molar-refractivity contribution in [1.82, 2.24) is 0 Å². The lowest BCUT2D eigenvalue weighted by molar-refractivity contribution is 0.314. The number of anilines is 1. The number of para-hydroxylation sites is 3. The summed E-state index contributed by atoms with van der Waals surface area (Å²) < 4.78 is 11.4. The Bertz CT molecular complexity index is 554. The van der Waals surface area contributed by atoms with Gasteiger partial charge in [0.05, 0.1) is 18.9 Å². The zero-order chi connectivity index (χ0) is 14.9. The highest BCUT2D eigenvalue weighted by Gasteiger charge is 2.05. The molecule has 0 fully saturated rings. The molecule has 0 aliphatic heterocycles. The van der Waals surface area contributed by atoms with Crippen molar-refractivity contribution in [1.29, 1.82) is 0 Å². The number of benzene rings is 2. The fourth-order valence-corrected chi connectivity index (χ4v) is 2.09. The zero-order valence-electron chi connectivity index (χ0n) is 12.8. The van der Waals surface area contributed by atoms with E-state index >= 15 is 0 Å². The second kappa shape index (κ2) is 8.20. The third-order valence-electron chi connectivity index (χ3n) is 3.09. The predicted octanol–water partition coefficient (Wildman–Crippen LogP) is 4.49. The van der Waals surface area contributed by atoms with Gasteiger partial charge in [0.25, 0.3) is 0 Å². The van der Waals surface area contributed by atoms with Crippen LogP contribution in [-0.4, -0.2) is 13.2 Å². The van der Waals surface area contributed by atoms with E-state index in [4.69, 9.17) is 9.47 Å². The first-order valence-electron chi connectivity index (χ1n) is 7.51. The molecular formula is C18H23NO2. The van der Waals surface area contributed by atoms with E-state index in [2.05, 4.69) is 18.3 Å². The number of rotatable bonds is 8. The predicted molar refractivity (Wildman–Crippen MR) is 87.2 cm³/mol. The highest BCUT2D eigenvalue weighted by atomic mass is 16.5. The monoisotopic (exact) mass is 285 g/mol. The standard InChI is InChI=1S/C18H23NO2/c1-3-13-21-17-11-7-5-9-15(17)14-19-16-10-6-8-12-18(16)20-4-2/h5-12,19H,3-4,13-14H2,1-2H3. The first kappa shape index (κ1) is 15.2. The molecule has 21 heavy (non-hydrogen) atoms. The molecule has 0 aliphatic carbocycles. The summed E-state index contributed by atoms with van der Waals surface area (Å²) in [5.74, 6) is 1.83.